The Morgan fingerprint density at radius 2 is 1.43 bits per heavy atom. The van der Waals surface area contributed by atoms with Crippen LogP contribution in [0.4, 0.5) is 11.4 Å². The van der Waals surface area contributed by atoms with Gasteiger partial charge in [-0.3, -0.25) is 9.36 Å². The number of benzene rings is 4. The Labute approximate surface area is 323 Å². The fourth-order valence-corrected chi connectivity index (χ4v) is 10.0. The highest BCUT2D eigenvalue weighted by molar-refractivity contribution is 7.71. The fourth-order valence-electron chi connectivity index (χ4n) is 9.58. The molecule has 7 heteroatoms. The maximum absolute atomic E-state index is 14.3. The van der Waals surface area contributed by atoms with Crippen LogP contribution in [0.15, 0.2) is 119 Å². The summed E-state index contributed by atoms with van der Waals surface area (Å²) >= 11 is 5.68. The molecule has 4 aromatic carbocycles. The third-order valence-electron chi connectivity index (χ3n) is 12.2. The highest BCUT2D eigenvalue weighted by Gasteiger charge is 2.44. The SMILES string of the molecule is CCn1c([O-])c(C2=C(/C=C/C3=[N+](C)c4ccc5ccccc5c4C3(C)C)CC/C2=C\C=C2\N(C)c3ccc4ccccc4c3C2(C)C)c(=O)n(CC)c1=S. The molecule has 0 spiro atoms. The van der Waals surface area contributed by atoms with E-state index in [9.17, 15) is 9.90 Å². The van der Waals surface area contributed by atoms with Gasteiger partial charge in [-0.1, -0.05) is 80.6 Å². The van der Waals surface area contributed by atoms with Crippen LogP contribution in [0, 0.1) is 4.77 Å². The number of anilines is 1. The lowest BCUT2D eigenvalue weighted by molar-refractivity contribution is -0.401. The molecule has 54 heavy (non-hydrogen) atoms. The van der Waals surface area contributed by atoms with Crippen LogP contribution in [0.3, 0.4) is 0 Å². The summed E-state index contributed by atoms with van der Waals surface area (Å²) in [5, 5.41) is 19.3. The third-order valence-corrected chi connectivity index (χ3v) is 12.7. The minimum Gasteiger partial charge on any atom is -0.859 e. The molecular formula is C47H48N4O2S. The molecule has 0 atom stereocenters. The number of allylic oxidation sites excluding steroid dienone is 8. The zero-order valence-corrected chi connectivity index (χ0v) is 33.4. The van der Waals surface area contributed by atoms with Gasteiger partial charge in [0.05, 0.1) is 11.0 Å². The summed E-state index contributed by atoms with van der Waals surface area (Å²) in [6.45, 7) is 13.7. The van der Waals surface area contributed by atoms with Crippen LogP contribution in [0.25, 0.3) is 27.1 Å². The van der Waals surface area contributed by atoms with Gasteiger partial charge in [0.15, 0.2) is 10.5 Å². The predicted octanol–water partition coefficient (Wildman–Crippen LogP) is 9.85. The normalized spacial score (nSPS) is 19.1. The summed E-state index contributed by atoms with van der Waals surface area (Å²) in [5.41, 5.74) is 9.41. The Bertz CT molecular complexity index is 2710. The minimum absolute atomic E-state index is 0.209. The maximum atomic E-state index is 14.3. The van der Waals surface area contributed by atoms with Gasteiger partial charge in [-0.15, -0.1) is 0 Å². The predicted molar refractivity (Wildman–Crippen MR) is 225 cm³/mol. The van der Waals surface area contributed by atoms with Gasteiger partial charge in [-0.05, 0) is 121 Å². The minimum atomic E-state index is -0.319. The average Bonchev–Trinajstić information content (AvgIpc) is 3.70. The molecule has 0 saturated heterocycles. The third kappa shape index (κ3) is 5.15. The number of nitrogens with zero attached hydrogens (tertiary/aromatic N) is 4. The number of likely N-dealkylation sites (N-methyl/N-ethyl adjacent to an activating group) is 1. The summed E-state index contributed by atoms with van der Waals surface area (Å²) in [7, 11) is 4.26. The zero-order valence-electron chi connectivity index (χ0n) is 32.6. The van der Waals surface area contributed by atoms with Gasteiger partial charge in [0, 0.05) is 54.6 Å². The van der Waals surface area contributed by atoms with Gasteiger partial charge in [-0.25, -0.2) is 0 Å². The van der Waals surface area contributed by atoms with Gasteiger partial charge >= 0.3 is 0 Å². The number of rotatable bonds is 6. The van der Waals surface area contributed by atoms with Crippen LogP contribution < -0.4 is 15.6 Å². The molecule has 0 N–H and O–H groups in total. The molecule has 6 nitrogen and oxygen atoms in total. The molecule has 0 fully saturated rings. The number of aromatic nitrogens is 2. The zero-order chi connectivity index (χ0) is 38.3. The van der Waals surface area contributed by atoms with Gasteiger partial charge in [-0.2, -0.15) is 4.58 Å². The van der Waals surface area contributed by atoms with Crippen molar-refractivity contribution in [2.75, 3.05) is 19.0 Å². The summed E-state index contributed by atoms with van der Waals surface area (Å²) in [4.78, 5) is 16.6. The highest BCUT2D eigenvalue weighted by Crippen LogP contribution is 2.51. The van der Waals surface area contributed by atoms with Gasteiger partial charge in [0.25, 0.3) is 5.56 Å². The van der Waals surface area contributed by atoms with Crippen LogP contribution in [-0.2, 0) is 23.9 Å². The van der Waals surface area contributed by atoms with Gasteiger partial charge in [0.1, 0.15) is 7.05 Å². The highest BCUT2D eigenvalue weighted by atomic mass is 32.1. The molecule has 0 unspecified atom stereocenters. The molecule has 0 radical (unpaired) electrons. The fraction of sp³-hybridized carbons (Fsp3) is 0.298. The molecule has 3 heterocycles. The lowest BCUT2D eigenvalue weighted by atomic mass is 9.79. The second kappa shape index (κ2) is 12.9. The number of hydrogen-bond acceptors (Lipinski definition) is 4. The molecule has 1 aliphatic carbocycles. The Morgan fingerprint density at radius 3 is 2.09 bits per heavy atom. The lowest BCUT2D eigenvalue weighted by Gasteiger charge is -2.25. The van der Waals surface area contributed by atoms with E-state index in [1.807, 2.05) is 13.8 Å². The van der Waals surface area contributed by atoms with E-state index in [0.717, 1.165) is 28.1 Å². The van der Waals surface area contributed by atoms with Crippen molar-refractivity contribution in [3.63, 3.8) is 0 Å². The standard InChI is InChI=1S/C47H48N4O2S/c1-9-50-43(52)40(44(53)51(10-2)45(50)54)39-31(23-27-37-46(3,4)41-33-17-13-11-15-29(33)21-25-35(41)48(37)7)19-20-32(39)24-28-38-47(5,6)42-34-18-14-12-16-30(34)22-26-36(42)49(38)8/h11-18,21-28H,9-10,19-20H2,1-8H3/b31-23+,37-27+. The van der Waals surface area contributed by atoms with E-state index in [1.165, 1.54) is 44.0 Å². The van der Waals surface area contributed by atoms with Crippen molar-refractivity contribution in [1.29, 1.82) is 0 Å². The Balaban J connectivity index is 1.30. The first-order chi connectivity index (χ1) is 25.8. The van der Waals surface area contributed by atoms with Crippen molar-refractivity contribution in [3.8, 4) is 5.88 Å². The molecular weight excluding hydrogens is 685 g/mol. The van der Waals surface area contributed by atoms with Crippen molar-refractivity contribution in [1.82, 2.24) is 9.13 Å². The van der Waals surface area contributed by atoms with E-state index < -0.39 is 0 Å². The van der Waals surface area contributed by atoms with E-state index in [0.29, 0.717) is 25.9 Å². The van der Waals surface area contributed by atoms with Crippen molar-refractivity contribution < 1.29 is 9.68 Å². The second-order valence-corrected chi connectivity index (χ2v) is 16.2. The van der Waals surface area contributed by atoms with Gasteiger partial charge in [0.2, 0.25) is 5.69 Å². The topological polar surface area (TPSA) is 56.2 Å². The summed E-state index contributed by atoms with van der Waals surface area (Å²) in [5.74, 6) is -0.319. The summed E-state index contributed by atoms with van der Waals surface area (Å²) in [6.07, 6.45) is 10.2. The van der Waals surface area contributed by atoms with E-state index >= 15 is 0 Å². The average molecular weight is 733 g/mol. The Hall–Kier alpha value is -5.27. The van der Waals surface area contributed by atoms with Crippen LogP contribution in [-0.4, -0.2) is 33.5 Å². The number of fused-ring (bicyclic) bond motifs is 6. The van der Waals surface area contributed by atoms with Crippen LogP contribution in [0.2, 0.25) is 0 Å². The van der Waals surface area contributed by atoms with Crippen molar-refractivity contribution in [2.45, 2.75) is 78.3 Å². The number of hydrogen-bond donors (Lipinski definition) is 0. The van der Waals surface area contributed by atoms with Crippen molar-refractivity contribution >= 4 is 56.4 Å². The van der Waals surface area contributed by atoms with E-state index in [1.54, 1.807) is 9.13 Å². The van der Waals surface area contributed by atoms with Crippen LogP contribution in [0.1, 0.15) is 71.1 Å². The van der Waals surface area contributed by atoms with Gasteiger partial charge < -0.3 is 14.6 Å². The molecule has 0 saturated carbocycles. The Morgan fingerprint density at radius 1 is 0.796 bits per heavy atom. The molecule has 1 aromatic heterocycles. The first-order valence-corrected chi connectivity index (χ1v) is 19.5. The van der Waals surface area contributed by atoms with Crippen molar-refractivity contribution in [2.24, 2.45) is 0 Å². The molecule has 2 aliphatic heterocycles. The summed E-state index contributed by atoms with van der Waals surface area (Å²) < 4.78 is 5.70. The van der Waals surface area contributed by atoms with Crippen LogP contribution in [0.5, 0.6) is 5.88 Å². The maximum Gasteiger partial charge on any atom is 0.261 e. The van der Waals surface area contributed by atoms with E-state index in [2.05, 4.69) is 148 Å². The van der Waals surface area contributed by atoms with Crippen LogP contribution >= 0.6 is 12.2 Å². The van der Waals surface area contributed by atoms with E-state index in [4.69, 9.17) is 12.2 Å². The quantitative estimate of drug-likeness (QED) is 0.129. The van der Waals surface area contributed by atoms with E-state index in [-0.39, 0.29) is 32.6 Å². The first kappa shape index (κ1) is 35.7. The largest absolute Gasteiger partial charge is 0.859 e. The molecule has 8 rings (SSSR count). The monoisotopic (exact) mass is 732 g/mol. The summed E-state index contributed by atoms with van der Waals surface area (Å²) in [6, 6.07) is 26.0. The molecule has 3 aliphatic rings. The molecule has 0 amide bonds. The smallest absolute Gasteiger partial charge is 0.261 e. The molecule has 5 aromatic rings. The first-order valence-electron chi connectivity index (χ1n) is 19.1. The molecule has 274 valence electrons. The van der Waals surface area contributed by atoms with Crippen molar-refractivity contribution in [3.05, 3.63) is 146 Å². The Kier molecular flexibility index (Phi) is 8.57. The second-order valence-electron chi connectivity index (χ2n) is 15.8. The molecule has 0 bridgehead atoms. The lowest BCUT2D eigenvalue weighted by Crippen LogP contribution is -2.30.